The van der Waals surface area contributed by atoms with Crippen molar-refractivity contribution in [2.45, 2.75) is 38.5 Å². The van der Waals surface area contributed by atoms with Gasteiger partial charge < -0.3 is 40.8 Å². The highest BCUT2D eigenvalue weighted by molar-refractivity contribution is 6.61. The summed E-state index contributed by atoms with van der Waals surface area (Å²) < 4.78 is 10.6. The summed E-state index contributed by atoms with van der Waals surface area (Å²) in [5, 5.41) is 28.9. The normalized spacial score (nSPS) is 13.4. The highest BCUT2D eigenvalue weighted by Crippen LogP contribution is 2.21. The third-order valence-corrected chi connectivity index (χ3v) is 5.87. The maximum absolute atomic E-state index is 13.5. The SMILES string of the molecule is COc1cc(B(O)O)ccc1CN(CCCC[C@H](N)C(N)=O)C(=O)c1ccc2c(c1)B(O)OC2. The Balaban J connectivity index is 1.81. The number of ether oxygens (including phenoxy) is 1. The fourth-order valence-electron chi connectivity index (χ4n) is 3.85. The number of fused-ring (bicyclic) bond motifs is 1. The molecule has 1 heterocycles. The summed E-state index contributed by atoms with van der Waals surface area (Å²) in [5.41, 5.74) is 13.7. The van der Waals surface area contributed by atoms with Crippen LogP contribution in [0.2, 0.25) is 0 Å². The summed E-state index contributed by atoms with van der Waals surface area (Å²) in [6, 6.07) is 9.10. The molecule has 3 rings (SSSR count). The van der Waals surface area contributed by atoms with E-state index in [-0.39, 0.29) is 24.5 Å². The van der Waals surface area contributed by atoms with Gasteiger partial charge in [0, 0.05) is 24.2 Å². The monoisotopic (exact) mass is 469 g/mol. The van der Waals surface area contributed by atoms with Crippen molar-refractivity contribution in [3.05, 3.63) is 53.1 Å². The number of nitrogens with zero attached hydrogens (tertiary/aromatic N) is 1. The minimum absolute atomic E-state index is 0.196. The van der Waals surface area contributed by atoms with E-state index in [9.17, 15) is 24.7 Å². The van der Waals surface area contributed by atoms with Crippen LogP contribution in [-0.2, 0) is 22.6 Å². The maximum Gasteiger partial charge on any atom is 0.491 e. The Bertz CT molecular complexity index is 1040. The predicted molar refractivity (Wildman–Crippen MR) is 127 cm³/mol. The highest BCUT2D eigenvalue weighted by Gasteiger charge is 2.29. The third-order valence-electron chi connectivity index (χ3n) is 5.87. The molecule has 12 heteroatoms. The minimum atomic E-state index is -1.64. The van der Waals surface area contributed by atoms with Gasteiger partial charge in [-0.05, 0) is 54.0 Å². The number of hydrogen-bond acceptors (Lipinski definition) is 8. The van der Waals surface area contributed by atoms with E-state index >= 15 is 0 Å². The molecule has 0 bridgehead atoms. The average Bonchev–Trinajstić information content (AvgIpc) is 3.20. The van der Waals surface area contributed by atoms with Gasteiger partial charge in [-0.15, -0.1) is 0 Å². The predicted octanol–water partition coefficient (Wildman–Crippen LogP) is -1.78. The van der Waals surface area contributed by atoms with Gasteiger partial charge in [-0.1, -0.05) is 18.2 Å². The highest BCUT2D eigenvalue weighted by atomic mass is 16.5. The lowest BCUT2D eigenvalue weighted by Crippen LogP contribution is -2.37. The summed E-state index contributed by atoms with van der Waals surface area (Å²) in [4.78, 5) is 26.3. The Labute approximate surface area is 198 Å². The molecule has 0 saturated heterocycles. The zero-order chi connectivity index (χ0) is 24.8. The molecule has 0 fully saturated rings. The first-order chi connectivity index (χ1) is 16.2. The largest absolute Gasteiger partial charge is 0.496 e. The van der Waals surface area contributed by atoms with Crippen LogP contribution in [0.3, 0.4) is 0 Å². The lowest BCUT2D eigenvalue weighted by molar-refractivity contribution is -0.119. The number of amides is 2. The second-order valence-corrected chi connectivity index (χ2v) is 8.25. The van der Waals surface area contributed by atoms with Gasteiger partial charge >= 0.3 is 14.2 Å². The van der Waals surface area contributed by atoms with E-state index in [1.165, 1.54) is 13.2 Å². The molecule has 0 aliphatic carbocycles. The zero-order valence-electron chi connectivity index (χ0n) is 19.0. The summed E-state index contributed by atoms with van der Waals surface area (Å²) in [6.45, 7) is 0.852. The standard InChI is InChI=1S/C22H29B2N3O7/c1-33-20-11-17(23(30)31)8-7-15(20)12-27(9-3-2-4-19(25)21(26)28)22(29)14-5-6-16-13-34-24(32)18(16)10-14/h5-8,10-11,19,30-32H,2-4,9,12-13,25H2,1H3,(H2,26,28)/t19-/m0/s1. The van der Waals surface area contributed by atoms with Crippen LogP contribution in [0, 0.1) is 0 Å². The third kappa shape index (κ3) is 6.16. The molecule has 1 aliphatic heterocycles. The van der Waals surface area contributed by atoms with Crippen molar-refractivity contribution >= 4 is 37.0 Å². The zero-order valence-corrected chi connectivity index (χ0v) is 19.0. The van der Waals surface area contributed by atoms with E-state index in [0.717, 1.165) is 5.56 Å². The van der Waals surface area contributed by atoms with Crippen molar-refractivity contribution in [3.63, 3.8) is 0 Å². The van der Waals surface area contributed by atoms with Crippen molar-refractivity contribution in [1.82, 2.24) is 4.90 Å². The first-order valence-electron chi connectivity index (χ1n) is 11.0. The lowest BCUT2D eigenvalue weighted by atomic mass is 9.78. The van der Waals surface area contributed by atoms with E-state index < -0.39 is 26.2 Å². The van der Waals surface area contributed by atoms with Crippen molar-refractivity contribution in [2.24, 2.45) is 11.5 Å². The van der Waals surface area contributed by atoms with Crippen LogP contribution in [0.25, 0.3) is 0 Å². The minimum Gasteiger partial charge on any atom is -0.496 e. The number of carbonyl (C=O) groups is 2. The Morgan fingerprint density at radius 1 is 1.24 bits per heavy atom. The van der Waals surface area contributed by atoms with E-state index in [1.54, 1.807) is 35.2 Å². The van der Waals surface area contributed by atoms with Crippen LogP contribution < -0.4 is 27.1 Å². The molecule has 0 unspecified atom stereocenters. The summed E-state index contributed by atoms with van der Waals surface area (Å²) in [7, 11) is -1.25. The van der Waals surface area contributed by atoms with Crippen LogP contribution in [0.4, 0.5) is 0 Å². The van der Waals surface area contributed by atoms with Gasteiger partial charge in [0.2, 0.25) is 5.91 Å². The van der Waals surface area contributed by atoms with Crippen molar-refractivity contribution < 1.29 is 34.1 Å². The molecule has 1 atom stereocenters. The van der Waals surface area contributed by atoms with Crippen molar-refractivity contribution in [2.75, 3.05) is 13.7 Å². The second-order valence-electron chi connectivity index (χ2n) is 8.25. The van der Waals surface area contributed by atoms with Gasteiger partial charge in [0.05, 0.1) is 19.8 Å². The Morgan fingerprint density at radius 3 is 2.68 bits per heavy atom. The average molecular weight is 469 g/mol. The molecule has 2 aromatic carbocycles. The van der Waals surface area contributed by atoms with Crippen LogP contribution in [0.15, 0.2) is 36.4 Å². The fourth-order valence-corrected chi connectivity index (χ4v) is 3.85. The summed E-state index contributed by atoms with van der Waals surface area (Å²) >= 11 is 0. The lowest BCUT2D eigenvalue weighted by Gasteiger charge is -2.25. The number of unbranched alkanes of at least 4 members (excludes halogenated alkanes) is 1. The topological polar surface area (TPSA) is 169 Å². The quantitative estimate of drug-likeness (QED) is 0.190. The molecule has 0 aromatic heterocycles. The van der Waals surface area contributed by atoms with E-state index in [0.29, 0.717) is 48.1 Å². The summed E-state index contributed by atoms with van der Waals surface area (Å²) in [5.74, 6) is -0.408. The number of methoxy groups -OCH3 is 1. The molecule has 1 aliphatic rings. The first kappa shape index (κ1) is 25.7. The Hall–Kier alpha value is -2.89. The van der Waals surface area contributed by atoms with Gasteiger partial charge in [0.15, 0.2) is 0 Å². The molecule has 2 aromatic rings. The second kappa shape index (κ2) is 11.5. The van der Waals surface area contributed by atoms with Crippen LogP contribution >= 0.6 is 0 Å². The number of carbonyl (C=O) groups excluding carboxylic acids is 2. The molecule has 0 saturated carbocycles. The Morgan fingerprint density at radius 2 is 2.00 bits per heavy atom. The molecule has 7 N–H and O–H groups in total. The molecule has 0 radical (unpaired) electrons. The van der Waals surface area contributed by atoms with Crippen LogP contribution in [0.1, 0.15) is 40.7 Å². The van der Waals surface area contributed by atoms with Gasteiger partial charge in [0.1, 0.15) is 5.75 Å². The number of hydrogen-bond donors (Lipinski definition) is 5. The molecular weight excluding hydrogens is 440 g/mol. The molecule has 180 valence electrons. The van der Waals surface area contributed by atoms with E-state index in [1.807, 2.05) is 0 Å². The van der Waals surface area contributed by atoms with Crippen LogP contribution in [-0.4, -0.2) is 65.7 Å². The number of nitrogens with two attached hydrogens (primary N) is 2. The molecule has 2 amide bonds. The van der Waals surface area contributed by atoms with Gasteiger partial charge in [-0.2, -0.15) is 0 Å². The van der Waals surface area contributed by atoms with Crippen molar-refractivity contribution in [1.29, 1.82) is 0 Å². The number of primary amides is 1. The molecule has 10 nitrogen and oxygen atoms in total. The maximum atomic E-state index is 13.5. The van der Waals surface area contributed by atoms with Gasteiger partial charge in [-0.25, -0.2) is 0 Å². The fraction of sp³-hybridized carbons (Fsp3) is 0.364. The van der Waals surface area contributed by atoms with Gasteiger partial charge in [0.25, 0.3) is 5.91 Å². The number of benzene rings is 2. The number of rotatable bonds is 11. The summed E-state index contributed by atoms with van der Waals surface area (Å²) in [6.07, 6.45) is 1.59. The Kier molecular flexibility index (Phi) is 8.70. The van der Waals surface area contributed by atoms with Gasteiger partial charge in [-0.3, -0.25) is 9.59 Å². The van der Waals surface area contributed by atoms with E-state index in [2.05, 4.69) is 0 Å². The molecular formula is C22H29B2N3O7. The van der Waals surface area contributed by atoms with Crippen LogP contribution in [0.5, 0.6) is 5.75 Å². The molecule has 34 heavy (non-hydrogen) atoms. The first-order valence-corrected chi connectivity index (χ1v) is 11.0. The smallest absolute Gasteiger partial charge is 0.491 e. The molecule has 0 spiro atoms. The van der Waals surface area contributed by atoms with E-state index in [4.69, 9.17) is 20.9 Å². The van der Waals surface area contributed by atoms with Crippen molar-refractivity contribution in [3.8, 4) is 5.75 Å².